The molecule has 1 aliphatic rings. The first-order valence-corrected chi connectivity index (χ1v) is 5.55. The number of ketones is 1. The molecule has 2 rings (SSSR count). The van der Waals surface area contributed by atoms with Gasteiger partial charge in [0.2, 0.25) is 0 Å². The second-order valence-electron chi connectivity index (χ2n) is 2.73. The van der Waals surface area contributed by atoms with E-state index in [9.17, 15) is 4.79 Å². The van der Waals surface area contributed by atoms with E-state index < -0.39 is 0 Å². The van der Waals surface area contributed by atoms with Crippen LogP contribution in [0.3, 0.4) is 0 Å². The Hall–Kier alpha value is -0.420. The van der Waals surface area contributed by atoms with Crippen LogP contribution in [0.1, 0.15) is 19.3 Å². The fourth-order valence-electron chi connectivity index (χ4n) is 1.24. The minimum Gasteiger partial charge on any atom is -0.300 e. The Balaban J connectivity index is 1.92. The van der Waals surface area contributed by atoms with Crippen LogP contribution < -0.4 is 0 Å². The van der Waals surface area contributed by atoms with Crippen molar-refractivity contribution in [1.29, 1.82) is 0 Å². The van der Waals surface area contributed by atoms with Crippen molar-refractivity contribution < 1.29 is 4.79 Å². The first-order valence-electron chi connectivity index (χ1n) is 3.79. The maximum atomic E-state index is 10.9. The molecule has 3 nitrogen and oxygen atoms in total. The molecule has 1 heterocycles. The minimum atomic E-state index is 0.386. The van der Waals surface area contributed by atoms with Gasteiger partial charge in [-0.05, 0) is 6.42 Å². The molecule has 1 aromatic heterocycles. The van der Waals surface area contributed by atoms with Crippen LogP contribution in [0.25, 0.3) is 0 Å². The monoisotopic (exact) mass is 200 g/mol. The maximum Gasteiger partial charge on any atom is 0.174 e. The Morgan fingerprint density at radius 1 is 1.67 bits per heavy atom. The highest BCUT2D eigenvalue weighted by Gasteiger charge is 2.23. The van der Waals surface area contributed by atoms with Crippen LogP contribution in [0, 0.1) is 0 Å². The van der Waals surface area contributed by atoms with Gasteiger partial charge >= 0.3 is 0 Å². The Kier molecular flexibility index (Phi) is 2.41. The van der Waals surface area contributed by atoms with Gasteiger partial charge in [-0.1, -0.05) is 23.1 Å². The van der Waals surface area contributed by atoms with Crippen LogP contribution >= 0.6 is 23.1 Å². The molecule has 1 fully saturated rings. The standard InChI is InChI=1S/C7H8N2OS2/c10-5-1-2-6(3-5)12-7-9-8-4-11-7/h4,6H,1-3H2. The summed E-state index contributed by atoms with van der Waals surface area (Å²) < 4.78 is 0.981. The lowest BCUT2D eigenvalue weighted by molar-refractivity contribution is -0.117. The maximum absolute atomic E-state index is 10.9. The number of carbonyl (C=O) groups is 1. The first-order chi connectivity index (χ1) is 5.84. The van der Waals surface area contributed by atoms with Crippen molar-refractivity contribution in [3.63, 3.8) is 0 Å². The summed E-state index contributed by atoms with van der Waals surface area (Å²) in [5, 5.41) is 8.12. The number of thioether (sulfide) groups is 1. The molecular formula is C7H8N2OS2. The van der Waals surface area contributed by atoms with Gasteiger partial charge in [-0.15, -0.1) is 10.2 Å². The number of nitrogens with zero attached hydrogens (tertiary/aromatic N) is 2. The zero-order chi connectivity index (χ0) is 8.39. The smallest absolute Gasteiger partial charge is 0.174 e. The first kappa shape index (κ1) is 8.19. The normalized spacial score (nSPS) is 23.3. The molecule has 1 atom stereocenters. The molecule has 0 amide bonds. The average molecular weight is 200 g/mol. The quantitative estimate of drug-likeness (QED) is 0.729. The summed E-state index contributed by atoms with van der Waals surface area (Å²) in [6, 6.07) is 0. The number of Topliss-reactive ketones (excluding diaryl/α,β-unsaturated/α-hetero) is 1. The average Bonchev–Trinajstić information content (AvgIpc) is 2.63. The van der Waals surface area contributed by atoms with Gasteiger partial charge in [0, 0.05) is 18.1 Å². The van der Waals surface area contributed by atoms with Gasteiger partial charge in [0.25, 0.3) is 0 Å². The zero-order valence-corrected chi connectivity index (χ0v) is 8.03. The zero-order valence-electron chi connectivity index (χ0n) is 6.40. The lowest BCUT2D eigenvalue weighted by atomic mass is 10.4. The molecule has 12 heavy (non-hydrogen) atoms. The van der Waals surface area contributed by atoms with E-state index in [0.29, 0.717) is 17.5 Å². The van der Waals surface area contributed by atoms with Gasteiger partial charge in [-0.2, -0.15) is 0 Å². The minimum absolute atomic E-state index is 0.386. The highest BCUT2D eigenvalue weighted by molar-refractivity contribution is 8.01. The number of hydrogen-bond donors (Lipinski definition) is 0. The van der Waals surface area contributed by atoms with E-state index >= 15 is 0 Å². The Bertz CT molecular complexity index is 273. The van der Waals surface area contributed by atoms with Crippen molar-refractivity contribution in [3.05, 3.63) is 5.51 Å². The molecule has 0 bridgehead atoms. The van der Waals surface area contributed by atoms with Gasteiger partial charge in [-0.25, -0.2) is 0 Å². The highest BCUT2D eigenvalue weighted by atomic mass is 32.2. The van der Waals surface area contributed by atoms with Crippen molar-refractivity contribution in [3.8, 4) is 0 Å². The predicted octanol–water partition coefficient (Wildman–Crippen LogP) is 1.75. The van der Waals surface area contributed by atoms with E-state index in [4.69, 9.17) is 0 Å². The lowest BCUT2D eigenvalue weighted by Gasteiger charge is -2.01. The Morgan fingerprint density at radius 2 is 2.58 bits per heavy atom. The predicted molar refractivity (Wildman–Crippen MR) is 48.4 cm³/mol. The highest BCUT2D eigenvalue weighted by Crippen LogP contribution is 2.33. The van der Waals surface area contributed by atoms with Gasteiger partial charge in [0.1, 0.15) is 11.3 Å². The molecule has 0 spiro atoms. The fraction of sp³-hybridized carbons (Fsp3) is 0.571. The summed E-state index contributed by atoms with van der Waals surface area (Å²) >= 11 is 3.23. The van der Waals surface area contributed by atoms with Crippen LogP contribution in [0.5, 0.6) is 0 Å². The number of hydrogen-bond acceptors (Lipinski definition) is 5. The molecule has 1 saturated carbocycles. The van der Waals surface area contributed by atoms with Crippen molar-refractivity contribution in [1.82, 2.24) is 10.2 Å². The molecular weight excluding hydrogens is 192 g/mol. The molecule has 1 aromatic rings. The number of rotatable bonds is 2. The number of carbonyl (C=O) groups excluding carboxylic acids is 1. The molecule has 0 N–H and O–H groups in total. The van der Waals surface area contributed by atoms with Gasteiger partial charge < -0.3 is 0 Å². The lowest BCUT2D eigenvalue weighted by Crippen LogP contribution is -1.95. The van der Waals surface area contributed by atoms with Crippen LogP contribution in [-0.2, 0) is 4.79 Å². The summed E-state index contributed by atoms with van der Waals surface area (Å²) in [6.45, 7) is 0. The molecule has 0 aromatic carbocycles. The van der Waals surface area contributed by atoms with E-state index in [0.717, 1.165) is 17.2 Å². The van der Waals surface area contributed by atoms with Gasteiger partial charge in [0.15, 0.2) is 4.34 Å². The van der Waals surface area contributed by atoms with Gasteiger partial charge in [0.05, 0.1) is 0 Å². The Morgan fingerprint density at radius 3 is 3.17 bits per heavy atom. The summed E-state index contributed by atoms with van der Waals surface area (Å²) in [5.74, 6) is 0.386. The summed E-state index contributed by atoms with van der Waals surface area (Å²) in [4.78, 5) is 10.9. The fourth-order valence-corrected chi connectivity index (χ4v) is 3.16. The van der Waals surface area contributed by atoms with E-state index in [-0.39, 0.29) is 0 Å². The van der Waals surface area contributed by atoms with Crippen LogP contribution in [0.15, 0.2) is 9.85 Å². The molecule has 0 aliphatic heterocycles. The third kappa shape index (κ3) is 1.84. The summed E-state index contributed by atoms with van der Waals surface area (Å²) in [6.07, 6.45) is 2.46. The molecule has 1 aliphatic carbocycles. The topological polar surface area (TPSA) is 42.9 Å². The third-order valence-electron chi connectivity index (χ3n) is 1.81. The largest absolute Gasteiger partial charge is 0.300 e. The number of aromatic nitrogens is 2. The van der Waals surface area contributed by atoms with E-state index in [2.05, 4.69) is 10.2 Å². The molecule has 1 unspecified atom stereocenters. The van der Waals surface area contributed by atoms with Crippen molar-refractivity contribution in [2.45, 2.75) is 28.9 Å². The Labute approximate surface area is 78.6 Å². The van der Waals surface area contributed by atoms with E-state index in [1.54, 1.807) is 28.6 Å². The van der Waals surface area contributed by atoms with Crippen LogP contribution in [-0.4, -0.2) is 21.2 Å². The van der Waals surface area contributed by atoms with Crippen molar-refractivity contribution in [2.24, 2.45) is 0 Å². The second-order valence-corrected chi connectivity index (χ2v) is 5.11. The molecule has 0 radical (unpaired) electrons. The van der Waals surface area contributed by atoms with Crippen molar-refractivity contribution >= 4 is 28.9 Å². The third-order valence-corrected chi connectivity index (χ3v) is 3.89. The van der Waals surface area contributed by atoms with E-state index in [1.807, 2.05) is 0 Å². The van der Waals surface area contributed by atoms with Crippen LogP contribution in [0.2, 0.25) is 0 Å². The molecule has 5 heteroatoms. The van der Waals surface area contributed by atoms with Gasteiger partial charge in [-0.3, -0.25) is 4.79 Å². The second kappa shape index (κ2) is 3.53. The molecule has 0 saturated heterocycles. The van der Waals surface area contributed by atoms with E-state index in [1.165, 1.54) is 0 Å². The van der Waals surface area contributed by atoms with Crippen LogP contribution in [0.4, 0.5) is 0 Å². The summed E-state index contributed by atoms with van der Waals surface area (Å²) in [5.41, 5.74) is 1.72. The summed E-state index contributed by atoms with van der Waals surface area (Å²) in [7, 11) is 0. The van der Waals surface area contributed by atoms with Crippen molar-refractivity contribution in [2.75, 3.05) is 0 Å². The SMILES string of the molecule is O=C1CCC(Sc2nncs2)C1. The molecule has 64 valence electrons.